The van der Waals surface area contributed by atoms with Gasteiger partial charge in [-0.25, -0.2) is 0 Å². The number of ether oxygens (including phenoxy) is 1. The fourth-order valence-corrected chi connectivity index (χ4v) is 8.85. The quantitative estimate of drug-likeness (QED) is 0.0597. The smallest absolute Gasteiger partial charge is 0.138 e. The Balaban J connectivity index is 2.76. The number of likely N-dealkylation sites (N-methyl/N-ethyl adjacent to an activating group) is 1. The summed E-state index contributed by atoms with van der Waals surface area (Å²) in [4.78, 5) is 67.4. The molecule has 5 unspecified atom stereocenters. The van der Waals surface area contributed by atoms with Crippen LogP contribution < -0.4 is 38.1 Å². The monoisotopic (exact) mass is 793 g/mol. The number of hydrogen-bond donors (Lipinski definition) is 7. The third kappa shape index (κ3) is 16.3. The molecule has 14 nitrogen and oxygen atoms in total. The lowest BCUT2D eigenvalue weighted by Gasteiger charge is -2.43. The van der Waals surface area contributed by atoms with Gasteiger partial charge in [-0.3, -0.25) is 4.90 Å². The highest BCUT2D eigenvalue weighted by molar-refractivity contribution is 5.64. The Labute approximate surface area is 338 Å². The van der Waals surface area contributed by atoms with E-state index in [2.05, 4.69) is 54.3 Å². The average molecular weight is 793 g/mol. The molecule has 0 aromatic rings. The first-order valence-electron chi connectivity index (χ1n) is 21.8. The average Bonchev–Trinajstić information content (AvgIpc) is 3.48. The number of rotatable bonds is 18. The second-order valence-electron chi connectivity index (χ2n) is 17.0. The SMILES string of the molecule is CCCCCC[C@H]1OC[C@@H](C)NC(C=O)[C@H](CNCCN)NC(C=O)[C@H](CN)NC(C=O)[C@H](C2CCCCCC2)NC(C=O)[C@H](CC(C)C)N(C)C(C=O)[C@H]1C. The number of nitrogens with two attached hydrogens (primary N) is 2. The van der Waals surface area contributed by atoms with E-state index in [-0.39, 0.29) is 49.1 Å². The van der Waals surface area contributed by atoms with E-state index in [1.54, 1.807) is 0 Å². The molecular weight excluding hydrogens is 713 g/mol. The van der Waals surface area contributed by atoms with Gasteiger partial charge in [0.1, 0.15) is 31.4 Å². The standard InChI is InChI=1S/C42H80N8O6/c1-7-8-9-14-17-41-31(5)40(27-55)50(6)39(20-29(2)3)37(25-53)49-42(32-15-12-10-11-13-16-32)38(26-54)47-33(21-44)35(23-51)48-34(22-45-19-18-43)36(24-52)46-30(4)28-56-41/h23-27,29-42,45-49H,7-22,28,43-44H2,1-6H3/t30-,31-,33+,34+,35?,36?,37?,38?,39+,40?,41-,42+/m1/s1. The van der Waals surface area contributed by atoms with E-state index in [0.29, 0.717) is 26.1 Å². The molecule has 56 heavy (non-hydrogen) atoms. The van der Waals surface area contributed by atoms with Crippen molar-refractivity contribution in [1.29, 1.82) is 0 Å². The van der Waals surface area contributed by atoms with Gasteiger partial charge in [0.15, 0.2) is 0 Å². The van der Waals surface area contributed by atoms with Crippen LogP contribution in [-0.2, 0) is 28.7 Å². The van der Waals surface area contributed by atoms with Crippen LogP contribution >= 0.6 is 0 Å². The summed E-state index contributed by atoms with van der Waals surface area (Å²) in [7, 11) is 1.93. The van der Waals surface area contributed by atoms with Gasteiger partial charge in [0.25, 0.3) is 0 Å². The third-order valence-corrected chi connectivity index (χ3v) is 12.2. The van der Waals surface area contributed by atoms with Crippen LogP contribution in [0.2, 0.25) is 0 Å². The fraction of sp³-hybridized carbons (Fsp3) is 0.881. The van der Waals surface area contributed by atoms with Gasteiger partial charge >= 0.3 is 0 Å². The molecule has 2 rings (SSSR count). The first-order chi connectivity index (χ1) is 27.0. The van der Waals surface area contributed by atoms with Crippen molar-refractivity contribution in [2.45, 2.75) is 178 Å². The van der Waals surface area contributed by atoms with Crippen LogP contribution in [0, 0.1) is 17.8 Å². The summed E-state index contributed by atoms with van der Waals surface area (Å²) in [6.45, 7) is 11.9. The lowest BCUT2D eigenvalue weighted by atomic mass is 9.84. The number of carbonyl (C=O) groups is 5. The van der Waals surface area contributed by atoms with Crippen molar-refractivity contribution in [3.63, 3.8) is 0 Å². The third-order valence-electron chi connectivity index (χ3n) is 12.2. The Morgan fingerprint density at radius 2 is 1.41 bits per heavy atom. The molecule has 12 atom stereocenters. The minimum atomic E-state index is -0.858. The molecule has 9 N–H and O–H groups in total. The lowest BCUT2D eigenvalue weighted by molar-refractivity contribution is -0.121. The molecule has 0 aromatic heterocycles. The molecule has 1 aliphatic heterocycles. The predicted molar refractivity (Wildman–Crippen MR) is 223 cm³/mol. The minimum absolute atomic E-state index is 0.0267. The second-order valence-corrected chi connectivity index (χ2v) is 17.0. The maximum Gasteiger partial charge on any atom is 0.138 e. The van der Waals surface area contributed by atoms with Gasteiger partial charge in [0.05, 0.1) is 42.9 Å². The van der Waals surface area contributed by atoms with E-state index in [9.17, 15) is 24.0 Å². The summed E-state index contributed by atoms with van der Waals surface area (Å²) in [5, 5.41) is 17.2. The number of nitrogens with one attached hydrogen (secondary N) is 5. The van der Waals surface area contributed by atoms with Gasteiger partial charge in [0.2, 0.25) is 0 Å². The van der Waals surface area contributed by atoms with E-state index in [0.717, 1.165) is 102 Å². The molecule has 2 aliphatic rings. The number of nitrogens with zero attached hydrogens (tertiary/aromatic N) is 1. The topological polar surface area (TPSA) is 210 Å². The van der Waals surface area contributed by atoms with Crippen LogP contribution in [0.25, 0.3) is 0 Å². The molecule has 2 fully saturated rings. The fourth-order valence-electron chi connectivity index (χ4n) is 8.85. The molecule has 0 radical (unpaired) electrons. The number of unbranched alkanes of at least 4 members (excludes halogenated alkanes) is 3. The normalized spacial score (nSPS) is 34.4. The van der Waals surface area contributed by atoms with Crippen molar-refractivity contribution in [2.75, 3.05) is 39.8 Å². The summed E-state index contributed by atoms with van der Waals surface area (Å²) >= 11 is 0. The van der Waals surface area contributed by atoms with E-state index >= 15 is 0 Å². The molecule has 1 saturated carbocycles. The Morgan fingerprint density at radius 3 is 1.96 bits per heavy atom. The summed E-state index contributed by atoms with van der Waals surface area (Å²) < 4.78 is 6.68. The predicted octanol–water partition coefficient (Wildman–Crippen LogP) is 1.51. The maximum atomic E-state index is 13.3. The van der Waals surface area contributed by atoms with Gasteiger partial charge in [-0.05, 0) is 51.5 Å². The van der Waals surface area contributed by atoms with Gasteiger partial charge in [-0.1, -0.05) is 79.1 Å². The van der Waals surface area contributed by atoms with Gasteiger partial charge in [-0.15, -0.1) is 0 Å². The summed E-state index contributed by atoms with van der Waals surface area (Å²) in [6, 6.07) is -5.93. The highest BCUT2D eigenvalue weighted by Crippen LogP contribution is 2.30. The molecular formula is C42H80N8O6. The van der Waals surface area contributed by atoms with Gasteiger partial charge in [-0.2, -0.15) is 0 Å². The second kappa shape index (κ2) is 28.4. The first-order valence-corrected chi connectivity index (χ1v) is 21.8. The van der Waals surface area contributed by atoms with Crippen LogP contribution in [0.3, 0.4) is 0 Å². The zero-order chi connectivity index (χ0) is 41.5. The molecule has 0 aromatic carbocycles. The van der Waals surface area contributed by atoms with Crippen molar-refractivity contribution < 1.29 is 28.7 Å². The van der Waals surface area contributed by atoms with E-state index in [4.69, 9.17) is 16.2 Å². The van der Waals surface area contributed by atoms with Crippen LogP contribution in [0.4, 0.5) is 0 Å². The highest BCUT2D eigenvalue weighted by Gasteiger charge is 2.40. The van der Waals surface area contributed by atoms with Gasteiger partial charge in [0, 0.05) is 62.3 Å². The van der Waals surface area contributed by atoms with Crippen molar-refractivity contribution in [3.05, 3.63) is 0 Å². The number of aldehydes is 5. The molecule has 1 saturated heterocycles. The van der Waals surface area contributed by atoms with E-state index < -0.39 is 48.3 Å². The van der Waals surface area contributed by atoms with Crippen LogP contribution in [0.1, 0.15) is 112 Å². The Morgan fingerprint density at radius 1 is 0.786 bits per heavy atom. The van der Waals surface area contributed by atoms with Crippen LogP contribution in [-0.4, -0.2) is 143 Å². The maximum absolute atomic E-state index is 13.3. The lowest BCUT2D eigenvalue weighted by Crippen LogP contribution is -2.67. The molecule has 1 heterocycles. The summed E-state index contributed by atoms with van der Waals surface area (Å²) in [5.74, 6) is 0.0649. The summed E-state index contributed by atoms with van der Waals surface area (Å²) in [5.41, 5.74) is 12.1. The van der Waals surface area contributed by atoms with E-state index in [1.807, 2.05) is 18.9 Å². The Bertz CT molecular complexity index is 1100. The highest BCUT2D eigenvalue weighted by atomic mass is 16.5. The number of hydrogen-bond acceptors (Lipinski definition) is 14. The Hall–Kier alpha value is -2.01. The largest absolute Gasteiger partial charge is 0.376 e. The van der Waals surface area contributed by atoms with Crippen LogP contribution in [0.5, 0.6) is 0 Å². The van der Waals surface area contributed by atoms with Crippen molar-refractivity contribution in [2.24, 2.45) is 29.2 Å². The number of carbonyl (C=O) groups excluding carboxylic acids is 5. The molecule has 1 aliphatic carbocycles. The molecule has 0 spiro atoms. The minimum Gasteiger partial charge on any atom is -0.376 e. The zero-order valence-corrected chi connectivity index (χ0v) is 35.5. The van der Waals surface area contributed by atoms with Crippen molar-refractivity contribution in [3.8, 4) is 0 Å². The van der Waals surface area contributed by atoms with Crippen LogP contribution in [0.15, 0.2) is 0 Å². The molecule has 0 amide bonds. The zero-order valence-electron chi connectivity index (χ0n) is 35.5. The molecule has 324 valence electrons. The summed E-state index contributed by atoms with van der Waals surface area (Å²) in [6.07, 6.45) is 15.7. The molecule has 0 bridgehead atoms. The van der Waals surface area contributed by atoms with E-state index in [1.165, 1.54) is 0 Å². The van der Waals surface area contributed by atoms with Crippen molar-refractivity contribution >= 4 is 31.4 Å². The van der Waals surface area contributed by atoms with Gasteiger partial charge < -0.3 is 66.8 Å². The first kappa shape index (κ1) is 50.1. The Kier molecular flexibility index (Phi) is 25.4. The molecule has 14 heteroatoms. The van der Waals surface area contributed by atoms with Crippen molar-refractivity contribution in [1.82, 2.24) is 31.5 Å².